The topological polar surface area (TPSA) is 32.3 Å². The van der Waals surface area contributed by atoms with Crippen molar-refractivity contribution < 1.29 is 13.6 Å². The highest BCUT2D eigenvalue weighted by molar-refractivity contribution is 5.82. The number of hydrogen-bond donors (Lipinski definition) is 1. The highest BCUT2D eigenvalue weighted by Crippen LogP contribution is 2.25. The molecule has 0 aromatic carbocycles. The molecular weight excluding hydrogens is 190 g/mol. The maximum absolute atomic E-state index is 12.8. The van der Waals surface area contributed by atoms with Crippen molar-refractivity contribution in [1.82, 2.24) is 10.2 Å². The van der Waals surface area contributed by atoms with E-state index in [2.05, 4.69) is 5.32 Å². The summed E-state index contributed by atoms with van der Waals surface area (Å²) in [6, 6.07) is -0.707. The Labute approximate surface area is 82.5 Å². The molecule has 0 spiro atoms. The second-order valence-corrected chi connectivity index (χ2v) is 3.75. The third kappa shape index (κ3) is 2.64. The second-order valence-electron chi connectivity index (χ2n) is 3.75. The molecule has 1 rings (SSSR count). The van der Waals surface area contributed by atoms with Gasteiger partial charge in [-0.3, -0.25) is 10.1 Å². The molecule has 0 radical (unpaired) electrons. The fourth-order valence-corrected chi connectivity index (χ4v) is 1.60. The number of nitrogens with zero attached hydrogens (tertiary/aromatic N) is 1. The number of likely N-dealkylation sites (N-methyl/N-ethyl adjacent to an activating group) is 1. The summed E-state index contributed by atoms with van der Waals surface area (Å²) < 4.78 is 25.5. The molecule has 0 aliphatic carbocycles. The Morgan fingerprint density at radius 2 is 2.29 bits per heavy atom. The van der Waals surface area contributed by atoms with E-state index < -0.39 is 12.0 Å². The van der Waals surface area contributed by atoms with Crippen LogP contribution in [0.15, 0.2) is 0 Å². The van der Waals surface area contributed by atoms with E-state index in [-0.39, 0.29) is 18.9 Å². The molecule has 1 amide bonds. The van der Waals surface area contributed by atoms with E-state index in [1.807, 2.05) is 6.92 Å². The van der Waals surface area contributed by atoms with Crippen LogP contribution < -0.4 is 5.32 Å². The van der Waals surface area contributed by atoms with Gasteiger partial charge in [-0.2, -0.15) is 0 Å². The first-order valence-corrected chi connectivity index (χ1v) is 4.82. The number of alkyl halides is 2. The zero-order valence-corrected chi connectivity index (χ0v) is 8.52. The van der Waals surface area contributed by atoms with Gasteiger partial charge in [0.2, 0.25) is 5.91 Å². The van der Waals surface area contributed by atoms with Crippen LogP contribution in [0.4, 0.5) is 8.78 Å². The molecule has 0 saturated carbocycles. The molecule has 14 heavy (non-hydrogen) atoms. The summed E-state index contributed by atoms with van der Waals surface area (Å²) in [4.78, 5) is 13.1. The van der Waals surface area contributed by atoms with Gasteiger partial charge in [0.1, 0.15) is 0 Å². The Balaban J connectivity index is 2.47. The van der Waals surface area contributed by atoms with Crippen molar-refractivity contribution in [1.29, 1.82) is 0 Å². The van der Waals surface area contributed by atoms with Gasteiger partial charge in [-0.25, -0.2) is 8.78 Å². The van der Waals surface area contributed by atoms with Crippen LogP contribution in [-0.2, 0) is 4.79 Å². The third-order valence-electron chi connectivity index (χ3n) is 2.34. The molecule has 1 unspecified atom stereocenters. The molecule has 1 saturated heterocycles. The molecule has 1 heterocycles. The molecule has 82 valence electrons. The Morgan fingerprint density at radius 1 is 1.64 bits per heavy atom. The van der Waals surface area contributed by atoms with Gasteiger partial charge in [0.05, 0.1) is 12.6 Å². The maximum Gasteiger partial charge on any atom is 0.262 e. The minimum atomic E-state index is -2.73. The van der Waals surface area contributed by atoms with Gasteiger partial charge in [0, 0.05) is 20.0 Å². The van der Waals surface area contributed by atoms with Gasteiger partial charge >= 0.3 is 0 Å². The van der Waals surface area contributed by atoms with Crippen molar-refractivity contribution in [2.24, 2.45) is 0 Å². The average molecular weight is 206 g/mol. The van der Waals surface area contributed by atoms with Crippen molar-refractivity contribution in [2.75, 3.05) is 20.1 Å². The van der Waals surface area contributed by atoms with Crippen LogP contribution in [0.3, 0.4) is 0 Å². The van der Waals surface area contributed by atoms with Gasteiger partial charge < -0.3 is 4.90 Å². The number of carbonyl (C=O) groups excluding carboxylic acids is 1. The van der Waals surface area contributed by atoms with Crippen LogP contribution in [-0.4, -0.2) is 42.9 Å². The van der Waals surface area contributed by atoms with Crippen molar-refractivity contribution in [2.45, 2.75) is 31.7 Å². The number of hydrogen-bond acceptors (Lipinski definition) is 2. The van der Waals surface area contributed by atoms with E-state index in [0.717, 1.165) is 6.42 Å². The van der Waals surface area contributed by atoms with Gasteiger partial charge in [-0.1, -0.05) is 6.92 Å². The monoisotopic (exact) mass is 206 g/mol. The summed E-state index contributed by atoms with van der Waals surface area (Å²) in [5.74, 6) is -2.96. The predicted molar refractivity (Wildman–Crippen MR) is 49.3 cm³/mol. The van der Waals surface area contributed by atoms with E-state index in [1.165, 1.54) is 4.90 Å². The predicted octanol–water partition coefficient (Wildman–Crippen LogP) is 0.852. The van der Waals surface area contributed by atoms with Gasteiger partial charge in [0.25, 0.3) is 5.92 Å². The van der Waals surface area contributed by atoms with Gasteiger partial charge in [0.15, 0.2) is 0 Å². The summed E-state index contributed by atoms with van der Waals surface area (Å²) >= 11 is 0. The molecule has 1 N–H and O–H groups in total. The van der Waals surface area contributed by atoms with Crippen LogP contribution in [0.1, 0.15) is 19.8 Å². The molecule has 1 aliphatic heterocycles. The zero-order valence-electron chi connectivity index (χ0n) is 8.52. The molecule has 0 aromatic rings. The fraction of sp³-hybridized carbons (Fsp3) is 0.889. The van der Waals surface area contributed by atoms with E-state index in [9.17, 15) is 13.6 Å². The lowest BCUT2D eigenvalue weighted by Gasteiger charge is -2.20. The summed E-state index contributed by atoms with van der Waals surface area (Å²) in [5.41, 5.74) is 0. The number of rotatable bonds is 3. The molecule has 0 aromatic heterocycles. The number of nitrogens with one attached hydrogen (secondary N) is 1. The first kappa shape index (κ1) is 11.4. The number of amides is 1. The summed E-state index contributed by atoms with van der Waals surface area (Å²) in [7, 11) is 1.64. The Hall–Kier alpha value is -0.710. The highest BCUT2D eigenvalue weighted by atomic mass is 19.3. The van der Waals surface area contributed by atoms with E-state index in [4.69, 9.17) is 0 Å². The van der Waals surface area contributed by atoms with Crippen molar-refractivity contribution in [3.63, 3.8) is 0 Å². The summed E-state index contributed by atoms with van der Waals surface area (Å²) in [6.07, 6.45) is 0.464. The largest absolute Gasteiger partial charge is 0.344 e. The summed E-state index contributed by atoms with van der Waals surface area (Å²) in [6.45, 7) is 2.17. The van der Waals surface area contributed by atoms with Crippen LogP contribution in [0.25, 0.3) is 0 Å². The Morgan fingerprint density at radius 3 is 2.71 bits per heavy atom. The number of halogens is 2. The number of carbonyl (C=O) groups is 1. The quantitative estimate of drug-likeness (QED) is 0.742. The molecule has 1 fully saturated rings. The summed E-state index contributed by atoms with van der Waals surface area (Å²) in [5, 5.41) is 2.54. The van der Waals surface area contributed by atoms with Crippen LogP contribution in [0, 0.1) is 0 Å². The smallest absolute Gasteiger partial charge is 0.262 e. The highest BCUT2D eigenvalue weighted by Gasteiger charge is 2.42. The van der Waals surface area contributed by atoms with E-state index in [1.54, 1.807) is 7.05 Å². The van der Waals surface area contributed by atoms with Gasteiger partial charge in [-0.05, 0) is 6.42 Å². The SMILES string of the molecule is CCCN(C)C(=O)C1CC(F)(F)CN1. The standard InChI is InChI=1S/C9H16F2N2O/c1-3-4-13(2)8(14)7-5-9(10,11)6-12-7/h7,12H,3-6H2,1-2H3. The molecular formula is C9H16F2N2O. The van der Waals surface area contributed by atoms with E-state index >= 15 is 0 Å². The molecule has 5 heteroatoms. The zero-order chi connectivity index (χ0) is 10.8. The molecule has 1 atom stereocenters. The van der Waals surface area contributed by atoms with Crippen molar-refractivity contribution in [3.8, 4) is 0 Å². The first-order chi connectivity index (χ1) is 6.46. The second kappa shape index (κ2) is 4.21. The van der Waals surface area contributed by atoms with Crippen molar-refractivity contribution >= 4 is 5.91 Å². The Kier molecular flexibility index (Phi) is 3.42. The molecule has 1 aliphatic rings. The average Bonchev–Trinajstić information content (AvgIpc) is 2.45. The maximum atomic E-state index is 12.8. The lowest BCUT2D eigenvalue weighted by molar-refractivity contribution is -0.132. The molecule has 3 nitrogen and oxygen atoms in total. The van der Waals surface area contributed by atoms with Crippen LogP contribution in [0.5, 0.6) is 0 Å². The first-order valence-electron chi connectivity index (χ1n) is 4.82. The normalized spacial score (nSPS) is 25.0. The van der Waals surface area contributed by atoms with Crippen LogP contribution >= 0.6 is 0 Å². The lowest BCUT2D eigenvalue weighted by Crippen LogP contribution is -2.41. The van der Waals surface area contributed by atoms with Crippen LogP contribution in [0.2, 0.25) is 0 Å². The minimum absolute atomic E-state index is 0.232. The van der Waals surface area contributed by atoms with E-state index in [0.29, 0.717) is 6.54 Å². The Bertz CT molecular complexity index is 221. The third-order valence-corrected chi connectivity index (χ3v) is 2.34. The molecule has 0 bridgehead atoms. The van der Waals surface area contributed by atoms with Gasteiger partial charge in [-0.15, -0.1) is 0 Å². The lowest BCUT2D eigenvalue weighted by atomic mass is 10.1. The van der Waals surface area contributed by atoms with Crippen molar-refractivity contribution in [3.05, 3.63) is 0 Å². The fourth-order valence-electron chi connectivity index (χ4n) is 1.60. The minimum Gasteiger partial charge on any atom is -0.344 e.